The summed E-state index contributed by atoms with van der Waals surface area (Å²) in [6.07, 6.45) is 7.26. The summed E-state index contributed by atoms with van der Waals surface area (Å²) in [5.41, 5.74) is 0.400. The van der Waals surface area contributed by atoms with Gasteiger partial charge in [-0.25, -0.2) is 0 Å². The Morgan fingerprint density at radius 3 is 2.44 bits per heavy atom. The average Bonchev–Trinajstić information content (AvgIpc) is 2.82. The fourth-order valence-electron chi connectivity index (χ4n) is 4.72. The standard InChI is InChI=1S/C25H37N3O4/c1-17(2)22(27-24(30)20-13-7-8-14-21(20)32-3)25(31)28-15-9-10-18(16-28)23(29)26-19-11-5-4-6-12-19/h7-8,13-14,17-19,22H,4-6,9-12,15-16H2,1-3H3,(H,26,29)(H,27,30). The predicted octanol–water partition coefficient (Wildman–Crippen LogP) is 3.14. The molecule has 2 N–H and O–H groups in total. The molecule has 0 spiro atoms. The molecule has 2 aliphatic rings. The van der Waals surface area contributed by atoms with E-state index in [4.69, 9.17) is 4.74 Å². The van der Waals surface area contributed by atoms with Gasteiger partial charge in [-0.05, 0) is 43.7 Å². The fraction of sp³-hybridized carbons (Fsp3) is 0.640. The molecule has 2 atom stereocenters. The molecule has 2 unspecified atom stereocenters. The van der Waals surface area contributed by atoms with Crippen molar-refractivity contribution in [3.8, 4) is 5.75 Å². The minimum Gasteiger partial charge on any atom is -0.496 e. The number of carbonyl (C=O) groups is 3. The number of likely N-dealkylation sites (tertiary alicyclic amines) is 1. The zero-order valence-electron chi connectivity index (χ0n) is 19.6. The minimum absolute atomic E-state index is 0.0635. The Morgan fingerprint density at radius 1 is 1.03 bits per heavy atom. The molecule has 1 aromatic carbocycles. The van der Waals surface area contributed by atoms with Gasteiger partial charge in [-0.15, -0.1) is 0 Å². The number of rotatable bonds is 7. The van der Waals surface area contributed by atoms with Crippen molar-refractivity contribution >= 4 is 17.7 Å². The second-order valence-electron chi connectivity index (χ2n) is 9.36. The largest absolute Gasteiger partial charge is 0.496 e. The Morgan fingerprint density at radius 2 is 1.75 bits per heavy atom. The molecule has 7 heteroatoms. The van der Waals surface area contributed by atoms with E-state index in [-0.39, 0.29) is 35.6 Å². The molecule has 0 radical (unpaired) electrons. The molecule has 1 aromatic rings. The lowest BCUT2D eigenvalue weighted by molar-refractivity contribution is -0.138. The number of piperidine rings is 1. The monoisotopic (exact) mass is 443 g/mol. The van der Waals surface area contributed by atoms with E-state index in [1.165, 1.54) is 26.4 Å². The first-order valence-corrected chi connectivity index (χ1v) is 11.9. The van der Waals surface area contributed by atoms with E-state index in [0.717, 1.165) is 25.7 Å². The van der Waals surface area contributed by atoms with Crippen LogP contribution in [0.4, 0.5) is 0 Å². The molecular weight excluding hydrogens is 406 g/mol. The van der Waals surface area contributed by atoms with Crippen molar-refractivity contribution in [1.29, 1.82) is 0 Å². The first-order chi connectivity index (χ1) is 15.4. The summed E-state index contributed by atoms with van der Waals surface area (Å²) in [5.74, 6) is -0.201. The number of hydrogen-bond donors (Lipinski definition) is 2. The molecule has 1 saturated carbocycles. The van der Waals surface area contributed by atoms with Crippen LogP contribution in [0.5, 0.6) is 5.75 Å². The van der Waals surface area contributed by atoms with Gasteiger partial charge in [0.2, 0.25) is 11.8 Å². The van der Waals surface area contributed by atoms with E-state index in [9.17, 15) is 14.4 Å². The highest BCUT2D eigenvalue weighted by atomic mass is 16.5. The Balaban J connectivity index is 1.63. The Labute approximate surface area is 191 Å². The smallest absolute Gasteiger partial charge is 0.255 e. The van der Waals surface area contributed by atoms with Crippen molar-refractivity contribution in [2.24, 2.45) is 11.8 Å². The number of ether oxygens (including phenoxy) is 1. The quantitative estimate of drug-likeness (QED) is 0.678. The lowest BCUT2D eigenvalue weighted by Gasteiger charge is -2.36. The van der Waals surface area contributed by atoms with Crippen LogP contribution >= 0.6 is 0 Å². The van der Waals surface area contributed by atoms with Crippen molar-refractivity contribution in [2.45, 2.75) is 70.9 Å². The number of para-hydroxylation sites is 1. The molecule has 1 saturated heterocycles. The van der Waals surface area contributed by atoms with Gasteiger partial charge < -0.3 is 20.3 Å². The lowest BCUT2D eigenvalue weighted by atomic mass is 9.92. The minimum atomic E-state index is -0.660. The Kier molecular flexibility index (Phi) is 8.53. The highest BCUT2D eigenvalue weighted by Crippen LogP contribution is 2.23. The number of benzene rings is 1. The van der Waals surface area contributed by atoms with Crippen molar-refractivity contribution < 1.29 is 19.1 Å². The molecule has 1 aliphatic heterocycles. The second-order valence-corrected chi connectivity index (χ2v) is 9.36. The number of nitrogens with zero attached hydrogens (tertiary/aromatic N) is 1. The van der Waals surface area contributed by atoms with E-state index in [2.05, 4.69) is 10.6 Å². The van der Waals surface area contributed by atoms with Gasteiger partial charge in [0.05, 0.1) is 18.6 Å². The molecule has 1 aliphatic carbocycles. The number of hydrogen-bond acceptors (Lipinski definition) is 4. The fourth-order valence-corrected chi connectivity index (χ4v) is 4.72. The van der Waals surface area contributed by atoms with Crippen LogP contribution in [0, 0.1) is 11.8 Å². The van der Waals surface area contributed by atoms with Gasteiger partial charge in [0.25, 0.3) is 5.91 Å². The number of methoxy groups -OCH3 is 1. The summed E-state index contributed by atoms with van der Waals surface area (Å²) in [7, 11) is 1.52. The first kappa shape index (κ1) is 24.1. The third-order valence-corrected chi connectivity index (χ3v) is 6.63. The van der Waals surface area contributed by atoms with E-state index in [1.807, 2.05) is 13.8 Å². The Bertz CT molecular complexity index is 804. The van der Waals surface area contributed by atoms with Crippen LogP contribution in [-0.4, -0.2) is 54.9 Å². The van der Waals surface area contributed by atoms with E-state index in [1.54, 1.807) is 29.2 Å². The summed E-state index contributed by atoms with van der Waals surface area (Å²) < 4.78 is 5.29. The molecule has 0 bridgehead atoms. The molecule has 32 heavy (non-hydrogen) atoms. The second kappa shape index (κ2) is 11.3. The third-order valence-electron chi connectivity index (χ3n) is 6.63. The molecule has 1 heterocycles. The zero-order chi connectivity index (χ0) is 23.1. The summed E-state index contributed by atoms with van der Waals surface area (Å²) in [6.45, 7) is 4.86. The van der Waals surface area contributed by atoms with Crippen LogP contribution in [0.2, 0.25) is 0 Å². The summed E-state index contributed by atoms with van der Waals surface area (Å²) in [4.78, 5) is 40.9. The van der Waals surface area contributed by atoms with Gasteiger partial charge in [-0.3, -0.25) is 14.4 Å². The first-order valence-electron chi connectivity index (χ1n) is 11.9. The predicted molar refractivity (Wildman–Crippen MR) is 123 cm³/mol. The average molecular weight is 444 g/mol. The van der Waals surface area contributed by atoms with Gasteiger partial charge >= 0.3 is 0 Å². The molecule has 3 amide bonds. The molecule has 2 fully saturated rings. The van der Waals surface area contributed by atoms with Crippen molar-refractivity contribution in [2.75, 3.05) is 20.2 Å². The highest BCUT2D eigenvalue weighted by Gasteiger charge is 2.34. The molecule has 3 rings (SSSR count). The van der Waals surface area contributed by atoms with Gasteiger partial charge in [0.15, 0.2) is 0 Å². The molecule has 176 valence electrons. The number of nitrogens with one attached hydrogen (secondary N) is 2. The molecular formula is C25H37N3O4. The van der Waals surface area contributed by atoms with Crippen molar-refractivity contribution in [3.63, 3.8) is 0 Å². The van der Waals surface area contributed by atoms with E-state index >= 15 is 0 Å². The zero-order valence-corrected chi connectivity index (χ0v) is 19.6. The van der Waals surface area contributed by atoms with Crippen LogP contribution in [-0.2, 0) is 9.59 Å². The molecule has 7 nitrogen and oxygen atoms in total. The van der Waals surface area contributed by atoms with Crippen molar-refractivity contribution in [3.05, 3.63) is 29.8 Å². The van der Waals surface area contributed by atoms with Crippen molar-refractivity contribution in [1.82, 2.24) is 15.5 Å². The lowest BCUT2D eigenvalue weighted by Crippen LogP contribution is -2.55. The SMILES string of the molecule is COc1ccccc1C(=O)NC(C(=O)N1CCCC(C(=O)NC2CCCCC2)C1)C(C)C. The number of carbonyl (C=O) groups excluding carboxylic acids is 3. The van der Waals surface area contributed by atoms with Crippen LogP contribution < -0.4 is 15.4 Å². The van der Waals surface area contributed by atoms with Crippen LogP contribution in [0.1, 0.15) is 69.2 Å². The van der Waals surface area contributed by atoms with Crippen LogP contribution in [0.15, 0.2) is 24.3 Å². The summed E-state index contributed by atoms with van der Waals surface area (Å²) in [6, 6.07) is 6.58. The van der Waals surface area contributed by atoms with Crippen LogP contribution in [0.3, 0.4) is 0 Å². The summed E-state index contributed by atoms with van der Waals surface area (Å²) >= 11 is 0. The normalized spacial score (nSPS) is 20.5. The topological polar surface area (TPSA) is 87.7 Å². The van der Waals surface area contributed by atoms with Gasteiger partial charge in [-0.1, -0.05) is 45.2 Å². The van der Waals surface area contributed by atoms with Gasteiger partial charge in [-0.2, -0.15) is 0 Å². The van der Waals surface area contributed by atoms with E-state index in [0.29, 0.717) is 24.4 Å². The van der Waals surface area contributed by atoms with Gasteiger partial charge in [0.1, 0.15) is 11.8 Å². The third kappa shape index (κ3) is 6.02. The highest BCUT2D eigenvalue weighted by molar-refractivity contribution is 5.99. The number of amides is 3. The van der Waals surface area contributed by atoms with E-state index < -0.39 is 6.04 Å². The molecule has 0 aromatic heterocycles. The van der Waals surface area contributed by atoms with Crippen LogP contribution in [0.25, 0.3) is 0 Å². The van der Waals surface area contributed by atoms with Gasteiger partial charge in [0, 0.05) is 19.1 Å². The summed E-state index contributed by atoms with van der Waals surface area (Å²) in [5, 5.41) is 6.11. The maximum atomic E-state index is 13.4. The Hall–Kier alpha value is -2.57. The maximum Gasteiger partial charge on any atom is 0.255 e. The maximum absolute atomic E-state index is 13.4.